The molecule has 18 heavy (non-hydrogen) atoms. The minimum absolute atomic E-state index is 0.132. The van der Waals surface area contributed by atoms with E-state index in [1.165, 1.54) is 15.2 Å². The Balaban J connectivity index is 0.000000283. The highest BCUT2D eigenvalue weighted by Gasteiger charge is 1.88. The van der Waals surface area contributed by atoms with Crippen molar-refractivity contribution >= 4 is 22.6 Å². The maximum absolute atomic E-state index is 12.3. The maximum Gasteiger partial charge on any atom is 0.126 e. The molecule has 0 spiro atoms. The topological polar surface area (TPSA) is 0 Å². The van der Waals surface area contributed by atoms with Gasteiger partial charge in [-0.1, -0.05) is 50.2 Å². The van der Waals surface area contributed by atoms with Gasteiger partial charge in [-0.05, 0) is 59.7 Å². The summed E-state index contributed by atoms with van der Waals surface area (Å²) in [5.74, 6) is -0.132. The van der Waals surface area contributed by atoms with E-state index in [9.17, 15) is 4.39 Å². The van der Waals surface area contributed by atoms with Gasteiger partial charge in [-0.25, -0.2) is 4.39 Å². The van der Waals surface area contributed by atoms with Gasteiger partial charge in [-0.2, -0.15) is 0 Å². The first kappa shape index (κ1) is 17.1. The van der Waals surface area contributed by atoms with Gasteiger partial charge in [0, 0.05) is 3.57 Å². The maximum atomic E-state index is 12.3. The highest BCUT2D eigenvalue weighted by molar-refractivity contribution is 14.1. The fraction of sp³-hybridized carbons (Fsp3) is 0.250. The van der Waals surface area contributed by atoms with Gasteiger partial charge in [-0.15, -0.1) is 0 Å². The van der Waals surface area contributed by atoms with Crippen LogP contribution >= 0.6 is 22.6 Å². The zero-order chi connectivity index (χ0) is 14.0. The van der Waals surface area contributed by atoms with Gasteiger partial charge in [-0.3, -0.25) is 0 Å². The van der Waals surface area contributed by atoms with Crippen molar-refractivity contribution in [3.05, 3.63) is 69.0 Å². The second kappa shape index (κ2) is 10.1. The molecule has 0 aliphatic rings. The van der Waals surface area contributed by atoms with Crippen LogP contribution in [0.3, 0.4) is 0 Å². The lowest BCUT2D eigenvalue weighted by Gasteiger charge is -1.91. The average Bonchev–Trinajstić information content (AvgIpc) is 2.40. The molecule has 2 aromatic carbocycles. The third-order valence-corrected chi connectivity index (χ3v) is 3.36. The van der Waals surface area contributed by atoms with E-state index in [1.807, 2.05) is 19.9 Å². The largest absolute Gasteiger partial charge is 0.207 e. The number of benzene rings is 2. The quantitative estimate of drug-likeness (QED) is 0.525. The Hall–Kier alpha value is -0.900. The molecule has 0 saturated heterocycles. The van der Waals surface area contributed by atoms with Gasteiger partial charge >= 0.3 is 0 Å². The van der Waals surface area contributed by atoms with Crippen LogP contribution in [-0.2, 0) is 0 Å². The Morgan fingerprint density at radius 2 is 1.22 bits per heavy atom. The van der Waals surface area contributed by atoms with E-state index in [1.54, 1.807) is 19.1 Å². The van der Waals surface area contributed by atoms with Gasteiger partial charge < -0.3 is 0 Å². The van der Waals surface area contributed by atoms with Crippen molar-refractivity contribution in [2.45, 2.75) is 27.7 Å². The number of halogens is 2. The molecule has 2 aromatic rings. The van der Waals surface area contributed by atoms with E-state index in [-0.39, 0.29) is 5.82 Å². The zero-order valence-corrected chi connectivity index (χ0v) is 13.5. The Bertz CT molecular complexity index is 367. The fourth-order valence-corrected chi connectivity index (χ4v) is 1.49. The molecule has 0 radical (unpaired) electrons. The zero-order valence-electron chi connectivity index (χ0n) is 11.4. The van der Waals surface area contributed by atoms with E-state index in [0.29, 0.717) is 5.56 Å². The predicted molar refractivity (Wildman–Crippen MR) is 86.4 cm³/mol. The first-order valence-corrected chi connectivity index (χ1v) is 7.11. The van der Waals surface area contributed by atoms with Gasteiger partial charge in [0.1, 0.15) is 5.82 Å². The molecule has 0 aliphatic heterocycles. The number of aryl methyl sites for hydroxylation is 2. The van der Waals surface area contributed by atoms with E-state index in [4.69, 9.17) is 0 Å². The molecule has 0 nitrogen and oxygen atoms in total. The molecule has 0 heterocycles. The van der Waals surface area contributed by atoms with E-state index in [2.05, 4.69) is 53.8 Å². The molecule has 0 aliphatic carbocycles. The summed E-state index contributed by atoms with van der Waals surface area (Å²) in [5, 5.41) is 0. The molecule has 0 atom stereocenters. The summed E-state index contributed by atoms with van der Waals surface area (Å²) in [5.41, 5.74) is 2.06. The lowest BCUT2D eigenvalue weighted by Crippen LogP contribution is -1.76. The molecule has 2 heteroatoms. The number of rotatable bonds is 0. The lowest BCUT2D eigenvalue weighted by molar-refractivity contribution is 0.618. The molecule has 0 unspecified atom stereocenters. The van der Waals surface area contributed by atoms with Crippen LogP contribution in [0.5, 0.6) is 0 Å². The second-order valence-electron chi connectivity index (χ2n) is 3.50. The summed E-state index contributed by atoms with van der Waals surface area (Å²) in [6.45, 7) is 7.86. The van der Waals surface area contributed by atoms with Crippen LogP contribution in [0, 0.1) is 23.2 Å². The highest BCUT2D eigenvalue weighted by Crippen LogP contribution is 2.08. The second-order valence-corrected chi connectivity index (χ2v) is 4.66. The van der Waals surface area contributed by atoms with Crippen LogP contribution in [0.1, 0.15) is 25.0 Å². The minimum Gasteiger partial charge on any atom is -0.207 e. The van der Waals surface area contributed by atoms with Crippen LogP contribution in [0.2, 0.25) is 0 Å². The molecule has 2 rings (SSSR count). The summed E-state index contributed by atoms with van der Waals surface area (Å²) in [6.07, 6.45) is 0. The normalized spacial score (nSPS) is 8.56. The number of hydrogen-bond donors (Lipinski definition) is 0. The Kier molecular flexibility index (Phi) is 9.56. The first-order valence-electron chi connectivity index (χ1n) is 6.03. The van der Waals surface area contributed by atoms with Crippen LogP contribution in [0.25, 0.3) is 0 Å². The minimum atomic E-state index is -0.132. The van der Waals surface area contributed by atoms with E-state index in [0.717, 1.165) is 0 Å². The van der Waals surface area contributed by atoms with Crippen molar-refractivity contribution in [3.8, 4) is 0 Å². The van der Waals surface area contributed by atoms with E-state index < -0.39 is 0 Å². The SMILES string of the molecule is CC.Cc1ccccc1F.Cc1ccccc1I. The monoisotopic (exact) mass is 358 g/mol. The van der Waals surface area contributed by atoms with Gasteiger partial charge in [0.15, 0.2) is 0 Å². The molecule has 98 valence electrons. The van der Waals surface area contributed by atoms with Gasteiger partial charge in [0.2, 0.25) is 0 Å². The third-order valence-electron chi connectivity index (χ3n) is 2.15. The van der Waals surface area contributed by atoms with Gasteiger partial charge in [0.25, 0.3) is 0 Å². The summed E-state index contributed by atoms with van der Waals surface area (Å²) >= 11 is 2.32. The lowest BCUT2D eigenvalue weighted by atomic mass is 10.2. The van der Waals surface area contributed by atoms with Crippen LogP contribution in [0.15, 0.2) is 48.5 Å². The standard InChI is InChI=1S/C7H7F.C7H7I.C2H6/c2*1-6-4-2-3-5-7(6)8;1-2/h2*2-5H,1H3;1-2H3. The number of hydrogen-bond acceptors (Lipinski definition) is 0. The molecular formula is C16H20FI. The van der Waals surface area contributed by atoms with E-state index >= 15 is 0 Å². The van der Waals surface area contributed by atoms with Crippen LogP contribution in [-0.4, -0.2) is 0 Å². The predicted octanol–water partition coefficient (Wildman–Crippen LogP) is 5.76. The summed E-state index contributed by atoms with van der Waals surface area (Å²) in [4.78, 5) is 0. The van der Waals surface area contributed by atoms with Crippen molar-refractivity contribution in [3.63, 3.8) is 0 Å². The Morgan fingerprint density at radius 1 is 0.778 bits per heavy atom. The molecule has 0 bridgehead atoms. The van der Waals surface area contributed by atoms with Crippen LogP contribution < -0.4 is 0 Å². The molecule has 0 fully saturated rings. The molecule has 0 aromatic heterocycles. The molecular weight excluding hydrogens is 338 g/mol. The van der Waals surface area contributed by atoms with Gasteiger partial charge in [0.05, 0.1) is 0 Å². The third kappa shape index (κ3) is 6.74. The van der Waals surface area contributed by atoms with Crippen molar-refractivity contribution in [1.29, 1.82) is 0 Å². The van der Waals surface area contributed by atoms with Crippen LogP contribution in [0.4, 0.5) is 4.39 Å². The van der Waals surface area contributed by atoms with Crippen molar-refractivity contribution in [1.82, 2.24) is 0 Å². The molecule has 0 saturated carbocycles. The smallest absolute Gasteiger partial charge is 0.126 e. The summed E-state index contributed by atoms with van der Waals surface area (Å²) < 4.78 is 13.7. The highest BCUT2D eigenvalue weighted by atomic mass is 127. The first-order chi connectivity index (χ1) is 8.61. The molecule has 0 amide bonds. The van der Waals surface area contributed by atoms with Crippen molar-refractivity contribution < 1.29 is 4.39 Å². The summed E-state index contributed by atoms with van der Waals surface area (Å²) in [6, 6.07) is 15.0. The summed E-state index contributed by atoms with van der Waals surface area (Å²) in [7, 11) is 0. The van der Waals surface area contributed by atoms with Crippen molar-refractivity contribution in [2.75, 3.05) is 0 Å². The molecule has 0 N–H and O–H groups in total. The Labute approximate surface area is 123 Å². The average molecular weight is 358 g/mol. The fourth-order valence-electron chi connectivity index (χ4n) is 1.10. The van der Waals surface area contributed by atoms with Crippen molar-refractivity contribution in [2.24, 2.45) is 0 Å². The Morgan fingerprint density at radius 3 is 1.50 bits per heavy atom.